The Morgan fingerprint density at radius 2 is 0.788 bits per heavy atom. The van der Waals surface area contributed by atoms with Gasteiger partial charge in [0.2, 0.25) is 0 Å². The van der Waals surface area contributed by atoms with E-state index in [4.69, 9.17) is 49.3 Å². The molecule has 192 valence electrons. The van der Waals surface area contributed by atoms with Crippen LogP contribution in [-0.4, -0.2) is 50.3 Å². The molecular weight excluding hydrogens is 428 g/mol. The molecule has 0 heterocycles. The standard InChI is InChI=1S/C25H44O8/c1-5-9-13-21(26)30-17-25(18-31-22(27)14-10-6-2,19-32-23(28)15-11-7-3)20-33-24(29)16-12-8-4/h5-20H2,1-4H3/i1D3,2D3,3D3,4D3,5D2,6D2,7D2,8D2,9D2,10D2,11D2,12D2,13D2,14D2,15D2,16D2. The molecule has 0 amide bonds. The van der Waals surface area contributed by atoms with Gasteiger partial charge in [0.05, 0.1) is 0 Å². The van der Waals surface area contributed by atoms with Crippen LogP contribution in [0, 0.1) is 5.41 Å². The van der Waals surface area contributed by atoms with Gasteiger partial charge in [-0.1, -0.05) is 52.9 Å². The number of esters is 4. The van der Waals surface area contributed by atoms with Crippen LogP contribution in [0.15, 0.2) is 0 Å². The summed E-state index contributed by atoms with van der Waals surface area (Å²) in [6.45, 7) is -25.1. The van der Waals surface area contributed by atoms with Gasteiger partial charge in [-0.05, 0) is 25.5 Å². The van der Waals surface area contributed by atoms with Gasteiger partial charge in [0.1, 0.15) is 31.8 Å². The number of hydrogen-bond acceptors (Lipinski definition) is 8. The monoisotopic (exact) mass is 509 g/mol. The van der Waals surface area contributed by atoms with E-state index in [1.807, 2.05) is 0 Å². The normalized spacial score (nSPS) is 33.9. The third-order valence-corrected chi connectivity index (χ3v) is 2.95. The van der Waals surface area contributed by atoms with Crippen molar-refractivity contribution in [3.63, 3.8) is 0 Å². The number of hydrogen-bond donors (Lipinski definition) is 0. The summed E-state index contributed by atoms with van der Waals surface area (Å²) in [6.07, 6.45) is -53.5. The van der Waals surface area contributed by atoms with Crippen LogP contribution in [-0.2, 0) is 38.1 Å². The van der Waals surface area contributed by atoms with Gasteiger partial charge in [-0.15, -0.1) is 0 Å². The van der Waals surface area contributed by atoms with E-state index in [1.54, 1.807) is 0 Å². The lowest BCUT2D eigenvalue weighted by Crippen LogP contribution is -2.44. The Balaban J connectivity index is 8.28. The summed E-state index contributed by atoms with van der Waals surface area (Å²) < 4.78 is 296. The van der Waals surface area contributed by atoms with Gasteiger partial charge in [-0.25, -0.2) is 0 Å². The van der Waals surface area contributed by atoms with Gasteiger partial charge < -0.3 is 18.9 Å². The van der Waals surface area contributed by atoms with Crippen LogP contribution in [0.3, 0.4) is 0 Å². The summed E-state index contributed by atoms with van der Waals surface area (Å²) in [6, 6.07) is 0. The Morgan fingerprint density at radius 3 is 1.00 bits per heavy atom. The molecule has 0 radical (unpaired) electrons. The minimum Gasteiger partial charge on any atom is -0.465 e. The molecule has 0 aromatic heterocycles. The highest BCUT2D eigenvalue weighted by molar-refractivity contribution is 5.71. The molecule has 0 aliphatic carbocycles. The highest BCUT2D eigenvalue weighted by Gasteiger charge is 2.37. The average Bonchev–Trinajstić information content (AvgIpc) is 3.13. The van der Waals surface area contributed by atoms with Crippen LogP contribution in [0.1, 0.15) is 153 Å². The molecule has 0 fully saturated rings. The molecule has 0 bridgehead atoms. The Bertz CT molecular complexity index is 1620. The lowest BCUT2D eigenvalue weighted by molar-refractivity contribution is -0.170. The van der Waals surface area contributed by atoms with Crippen LogP contribution in [0.5, 0.6) is 0 Å². The fourth-order valence-electron chi connectivity index (χ4n) is 1.60. The maximum absolute atomic E-state index is 13.3. The minimum atomic E-state index is -4.54. The van der Waals surface area contributed by atoms with Crippen molar-refractivity contribution in [1.82, 2.24) is 0 Å². The number of carbonyl (C=O) groups excluding carboxylic acids is 4. The van der Waals surface area contributed by atoms with Crippen LogP contribution >= 0.6 is 0 Å². The molecule has 0 saturated carbocycles. The van der Waals surface area contributed by atoms with E-state index < -0.39 is 160 Å². The molecule has 33 heavy (non-hydrogen) atoms. The molecule has 0 unspecified atom stereocenters. The summed E-state index contributed by atoms with van der Waals surface area (Å²) >= 11 is 0. The van der Waals surface area contributed by atoms with Crippen LogP contribution in [0.4, 0.5) is 0 Å². The topological polar surface area (TPSA) is 105 Å². The van der Waals surface area contributed by atoms with Crippen molar-refractivity contribution in [3.05, 3.63) is 0 Å². The van der Waals surface area contributed by atoms with Gasteiger partial charge in [-0.3, -0.25) is 19.2 Å². The maximum atomic E-state index is 13.3. The fourth-order valence-corrected chi connectivity index (χ4v) is 1.60. The zero-order valence-corrected chi connectivity index (χ0v) is 16.6. The summed E-state index contributed by atoms with van der Waals surface area (Å²) in [7, 11) is 0. The predicted molar refractivity (Wildman–Crippen MR) is 124 cm³/mol. The molecule has 0 aliphatic heterocycles. The quantitative estimate of drug-likeness (QED) is 0.169. The Morgan fingerprint density at radius 1 is 0.545 bits per heavy atom. The largest absolute Gasteiger partial charge is 0.465 e. The van der Waals surface area contributed by atoms with Crippen molar-refractivity contribution in [2.75, 3.05) is 26.4 Å². The number of rotatable bonds is 20. The van der Waals surface area contributed by atoms with Gasteiger partial charge >= 0.3 is 23.9 Å². The van der Waals surface area contributed by atoms with Crippen molar-refractivity contribution in [2.45, 2.75) is 104 Å². The second-order valence-electron chi connectivity index (χ2n) is 5.30. The first-order valence-electron chi connectivity index (χ1n) is 26.2. The molecule has 0 aromatic rings. The average molecular weight is 509 g/mol. The first-order chi connectivity index (χ1) is 29.5. The smallest absolute Gasteiger partial charge is 0.305 e. The Hall–Kier alpha value is -2.12. The number of carbonyl (C=O) groups is 4. The van der Waals surface area contributed by atoms with Crippen LogP contribution in [0.25, 0.3) is 0 Å². The molecule has 0 rings (SSSR count). The third-order valence-electron chi connectivity index (χ3n) is 2.95. The molecule has 0 aromatic carbocycles. The molecule has 0 N–H and O–H groups in total. The van der Waals surface area contributed by atoms with Crippen molar-refractivity contribution in [3.8, 4) is 0 Å². The van der Waals surface area contributed by atoms with E-state index in [2.05, 4.69) is 18.9 Å². The zero-order chi connectivity index (χ0) is 56.5. The van der Waals surface area contributed by atoms with E-state index in [-0.39, 0.29) is 0 Å². The Kier molecular flexibility index (Phi) is 3.73. The molecule has 0 aliphatic rings. The number of ether oxygens (including phenoxy) is 4. The molecule has 0 atom stereocenters. The molecule has 8 heteroatoms. The molecule has 0 spiro atoms. The van der Waals surface area contributed by atoms with Gasteiger partial charge in [0.15, 0.2) is 0 Å². The predicted octanol–water partition coefficient (Wildman–Crippen LogP) is 4.91. The van der Waals surface area contributed by atoms with E-state index in [1.165, 1.54) is 0 Å². The maximum Gasteiger partial charge on any atom is 0.305 e. The van der Waals surface area contributed by atoms with Crippen molar-refractivity contribution < 1.29 is 87.5 Å². The summed E-state index contributed by atoms with van der Waals surface area (Å²) in [5.74, 6) is -10.9. The molecule has 0 saturated heterocycles. The van der Waals surface area contributed by atoms with E-state index in [9.17, 15) is 19.2 Å². The second-order valence-corrected chi connectivity index (χ2v) is 5.30. The van der Waals surface area contributed by atoms with Crippen LogP contribution in [0.2, 0.25) is 0 Å². The SMILES string of the molecule is [2H]C([2H])([2H])C([2H])([2H])C([2H])([2H])C([2H])([2H])C(=O)OCC(COC(=O)C([2H])([2H])C([2H])([2H])C([2H])([2H])C([2H])([2H])[2H])(COC(=O)C([2H])([2H])C([2H])([2H])C([2H])([2H])C([2H])([2H])[2H])COC(=O)C([2H])([2H])C([2H])([2H])C([2H])([2H])C([2H])([2H])[2H]. The molecular formula is C25H44O8. The van der Waals surface area contributed by atoms with Gasteiger partial charge in [0.25, 0.3) is 0 Å². The first-order valence-corrected chi connectivity index (χ1v) is 8.20. The Labute approximate surface area is 249 Å². The lowest BCUT2D eigenvalue weighted by Gasteiger charge is -2.31. The summed E-state index contributed by atoms with van der Waals surface area (Å²) in [5.41, 5.74) is -3.49. The summed E-state index contributed by atoms with van der Waals surface area (Å²) in [4.78, 5) is 53.2. The van der Waals surface area contributed by atoms with Crippen molar-refractivity contribution in [1.29, 1.82) is 0 Å². The van der Waals surface area contributed by atoms with Gasteiger partial charge in [-0.2, -0.15) is 0 Å². The van der Waals surface area contributed by atoms with Crippen molar-refractivity contribution >= 4 is 23.9 Å². The van der Waals surface area contributed by atoms with E-state index in [0.717, 1.165) is 0 Å². The highest BCUT2D eigenvalue weighted by atomic mass is 16.6. The highest BCUT2D eigenvalue weighted by Crippen LogP contribution is 2.23. The van der Waals surface area contributed by atoms with Crippen molar-refractivity contribution in [2.24, 2.45) is 5.41 Å². The second kappa shape index (κ2) is 19.4. The molecule has 8 nitrogen and oxygen atoms in total. The third kappa shape index (κ3) is 16.2. The van der Waals surface area contributed by atoms with E-state index >= 15 is 0 Å². The summed E-state index contributed by atoms with van der Waals surface area (Å²) in [5, 5.41) is 0. The van der Waals surface area contributed by atoms with E-state index in [0.29, 0.717) is 0 Å². The van der Waals surface area contributed by atoms with Crippen LogP contribution < -0.4 is 0 Å². The first kappa shape index (κ1) is 6.35. The van der Waals surface area contributed by atoms with Gasteiger partial charge in [0, 0.05) is 74.8 Å². The minimum absolute atomic E-state index is 2.17. The lowest BCUT2D eigenvalue weighted by atomic mass is 9.92. The zero-order valence-electron chi connectivity index (χ0n) is 52.6. The fraction of sp³-hybridized carbons (Fsp3) is 0.840.